The molecule has 2 heterocycles. The fourth-order valence-corrected chi connectivity index (χ4v) is 1.47. The molecule has 0 atom stereocenters. The first-order valence-electron chi connectivity index (χ1n) is 4.67. The lowest BCUT2D eigenvalue weighted by atomic mass is 10.2. The average molecular weight is 217 g/mol. The van der Waals surface area contributed by atoms with E-state index in [1.807, 2.05) is 17.6 Å². The van der Waals surface area contributed by atoms with Crippen LogP contribution in [0.15, 0.2) is 35.9 Å². The third-order valence-electron chi connectivity index (χ3n) is 2.22. The number of nitrogens with zero attached hydrogens (tertiary/aromatic N) is 4. The van der Waals surface area contributed by atoms with Gasteiger partial charge >= 0.3 is 0 Å². The summed E-state index contributed by atoms with van der Waals surface area (Å²) in [5.74, 6) is 0.781. The van der Waals surface area contributed by atoms with Gasteiger partial charge in [-0.15, -0.1) is 0 Å². The van der Waals surface area contributed by atoms with Crippen LogP contribution in [0, 0.1) is 6.92 Å². The highest BCUT2D eigenvalue weighted by Gasteiger charge is 2.10. The maximum Gasteiger partial charge on any atom is 0.190 e. The first-order valence-corrected chi connectivity index (χ1v) is 4.67. The minimum atomic E-state index is -0.0244. The summed E-state index contributed by atoms with van der Waals surface area (Å²) in [7, 11) is 0. The van der Waals surface area contributed by atoms with Crippen molar-refractivity contribution in [3.05, 3.63) is 42.2 Å². The Morgan fingerprint density at radius 3 is 2.88 bits per heavy atom. The summed E-state index contributed by atoms with van der Waals surface area (Å²) < 4.78 is 1.82. The Bertz CT molecular complexity index is 532. The van der Waals surface area contributed by atoms with Crippen molar-refractivity contribution in [3.8, 4) is 5.69 Å². The van der Waals surface area contributed by atoms with E-state index in [-0.39, 0.29) is 5.84 Å². The highest BCUT2D eigenvalue weighted by molar-refractivity contribution is 5.98. The van der Waals surface area contributed by atoms with E-state index in [1.54, 1.807) is 24.7 Å². The van der Waals surface area contributed by atoms with Crippen LogP contribution >= 0.6 is 0 Å². The molecule has 0 aliphatic heterocycles. The van der Waals surface area contributed by atoms with E-state index in [0.717, 1.165) is 11.5 Å². The summed E-state index contributed by atoms with van der Waals surface area (Å²) in [6.45, 7) is 1.86. The molecule has 0 radical (unpaired) electrons. The number of oxime groups is 1. The molecule has 0 aliphatic carbocycles. The van der Waals surface area contributed by atoms with Crippen molar-refractivity contribution < 1.29 is 5.21 Å². The second-order valence-corrected chi connectivity index (χ2v) is 3.20. The number of aromatic nitrogens is 3. The van der Waals surface area contributed by atoms with Gasteiger partial charge in [0.1, 0.15) is 11.5 Å². The van der Waals surface area contributed by atoms with Gasteiger partial charge in [0.15, 0.2) is 5.84 Å². The molecule has 3 N–H and O–H groups in total. The van der Waals surface area contributed by atoms with Gasteiger partial charge in [-0.3, -0.25) is 4.98 Å². The summed E-state index contributed by atoms with van der Waals surface area (Å²) in [4.78, 5) is 8.19. The van der Waals surface area contributed by atoms with Crippen LogP contribution in [0.4, 0.5) is 0 Å². The second-order valence-electron chi connectivity index (χ2n) is 3.20. The zero-order chi connectivity index (χ0) is 11.5. The van der Waals surface area contributed by atoms with Crippen LogP contribution in [-0.2, 0) is 0 Å². The average Bonchev–Trinajstić information content (AvgIpc) is 2.74. The van der Waals surface area contributed by atoms with Gasteiger partial charge in [-0.2, -0.15) is 0 Å². The van der Waals surface area contributed by atoms with E-state index >= 15 is 0 Å². The Morgan fingerprint density at radius 2 is 2.25 bits per heavy atom. The zero-order valence-corrected chi connectivity index (χ0v) is 8.70. The zero-order valence-electron chi connectivity index (χ0n) is 8.70. The van der Waals surface area contributed by atoms with Crippen LogP contribution in [0.2, 0.25) is 0 Å². The molecule has 0 amide bonds. The summed E-state index contributed by atoms with van der Waals surface area (Å²) in [6.07, 6.45) is 5.06. The lowest BCUT2D eigenvalue weighted by Gasteiger charge is -2.08. The molecule has 82 valence electrons. The van der Waals surface area contributed by atoms with Crippen molar-refractivity contribution in [3.63, 3.8) is 0 Å². The Morgan fingerprint density at radius 1 is 1.44 bits per heavy atom. The largest absolute Gasteiger partial charge is 0.409 e. The number of hydrogen-bond acceptors (Lipinski definition) is 4. The van der Waals surface area contributed by atoms with E-state index in [4.69, 9.17) is 10.9 Å². The monoisotopic (exact) mass is 217 g/mol. The molecule has 2 rings (SSSR count). The molecule has 6 heteroatoms. The molecular formula is C10H11N5O. The van der Waals surface area contributed by atoms with Crippen molar-refractivity contribution in [2.75, 3.05) is 0 Å². The molecule has 0 bridgehead atoms. The van der Waals surface area contributed by atoms with Gasteiger partial charge in [-0.1, -0.05) is 5.16 Å². The fourth-order valence-electron chi connectivity index (χ4n) is 1.47. The van der Waals surface area contributed by atoms with Gasteiger partial charge < -0.3 is 15.5 Å². The predicted octanol–water partition coefficient (Wildman–Crippen LogP) is 0.670. The van der Waals surface area contributed by atoms with Gasteiger partial charge in [0.05, 0.1) is 5.69 Å². The molecule has 0 unspecified atom stereocenters. The number of amidine groups is 1. The number of hydrogen-bond donors (Lipinski definition) is 2. The number of nitrogens with two attached hydrogens (primary N) is 1. The van der Waals surface area contributed by atoms with Gasteiger partial charge in [0, 0.05) is 18.6 Å². The standard InChI is InChI=1S/C10H11N5O/c1-7-12-5-6-15(7)8-3-2-4-13-9(8)10(11)14-16/h2-6,16H,1H3,(H2,11,14). The van der Waals surface area contributed by atoms with Crippen molar-refractivity contribution >= 4 is 5.84 Å². The van der Waals surface area contributed by atoms with Gasteiger partial charge in [-0.05, 0) is 19.1 Å². The smallest absolute Gasteiger partial charge is 0.190 e. The number of rotatable bonds is 2. The minimum absolute atomic E-state index is 0.0244. The first-order chi connectivity index (χ1) is 7.74. The van der Waals surface area contributed by atoms with Gasteiger partial charge in [-0.25, -0.2) is 4.98 Å². The van der Waals surface area contributed by atoms with E-state index < -0.39 is 0 Å². The van der Waals surface area contributed by atoms with Crippen LogP contribution in [0.3, 0.4) is 0 Å². The quantitative estimate of drug-likeness (QED) is 0.335. The molecule has 0 saturated carbocycles. The second kappa shape index (κ2) is 4.01. The van der Waals surface area contributed by atoms with Crippen molar-refractivity contribution in [1.82, 2.24) is 14.5 Å². The normalized spacial score (nSPS) is 11.7. The number of aryl methyl sites for hydroxylation is 1. The van der Waals surface area contributed by atoms with E-state index in [9.17, 15) is 0 Å². The summed E-state index contributed by atoms with van der Waals surface area (Å²) in [5, 5.41) is 11.6. The third kappa shape index (κ3) is 1.60. The van der Waals surface area contributed by atoms with E-state index in [1.165, 1.54) is 0 Å². The number of imidazole rings is 1. The van der Waals surface area contributed by atoms with Crippen LogP contribution in [0.5, 0.6) is 0 Å². The third-order valence-corrected chi connectivity index (χ3v) is 2.22. The van der Waals surface area contributed by atoms with Crippen molar-refractivity contribution in [2.45, 2.75) is 6.92 Å². The minimum Gasteiger partial charge on any atom is -0.409 e. The van der Waals surface area contributed by atoms with Crippen LogP contribution in [-0.4, -0.2) is 25.6 Å². The Hall–Kier alpha value is -2.37. The van der Waals surface area contributed by atoms with Gasteiger partial charge in [0.2, 0.25) is 0 Å². The molecular weight excluding hydrogens is 206 g/mol. The first kappa shape index (κ1) is 10.2. The molecule has 0 aromatic carbocycles. The fraction of sp³-hybridized carbons (Fsp3) is 0.100. The van der Waals surface area contributed by atoms with Crippen LogP contribution in [0.1, 0.15) is 11.5 Å². The summed E-state index contributed by atoms with van der Waals surface area (Å²) in [5.41, 5.74) is 6.71. The molecule has 0 fully saturated rings. The summed E-state index contributed by atoms with van der Waals surface area (Å²) >= 11 is 0. The van der Waals surface area contributed by atoms with E-state index in [2.05, 4.69) is 15.1 Å². The van der Waals surface area contributed by atoms with E-state index in [0.29, 0.717) is 5.69 Å². The van der Waals surface area contributed by atoms with Crippen LogP contribution < -0.4 is 5.73 Å². The molecule has 16 heavy (non-hydrogen) atoms. The highest BCUT2D eigenvalue weighted by atomic mass is 16.4. The Labute approximate surface area is 92.1 Å². The molecule has 0 spiro atoms. The summed E-state index contributed by atoms with van der Waals surface area (Å²) in [6, 6.07) is 3.61. The maximum absolute atomic E-state index is 8.68. The molecule has 0 aliphatic rings. The lowest BCUT2D eigenvalue weighted by molar-refractivity contribution is 0.318. The van der Waals surface area contributed by atoms with Crippen molar-refractivity contribution in [2.24, 2.45) is 10.9 Å². The molecule has 6 nitrogen and oxygen atoms in total. The predicted molar refractivity (Wildman–Crippen MR) is 58.6 cm³/mol. The number of pyridine rings is 1. The topological polar surface area (TPSA) is 89.3 Å². The maximum atomic E-state index is 8.68. The highest BCUT2D eigenvalue weighted by Crippen LogP contribution is 2.13. The molecule has 0 saturated heterocycles. The SMILES string of the molecule is Cc1nccn1-c1cccnc1/C(N)=N/O. The van der Waals surface area contributed by atoms with Gasteiger partial charge in [0.25, 0.3) is 0 Å². The lowest BCUT2D eigenvalue weighted by Crippen LogP contribution is -2.18. The molecule has 2 aromatic heterocycles. The van der Waals surface area contributed by atoms with Crippen molar-refractivity contribution in [1.29, 1.82) is 0 Å². The Kier molecular flexibility index (Phi) is 2.55. The van der Waals surface area contributed by atoms with Crippen LogP contribution in [0.25, 0.3) is 5.69 Å². The Balaban J connectivity index is 2.62. The molecule has 2 aromatic rings.